The van der Waals surface area contributed by atoms with Crippen LogP contribution < -0.4 is 5.19 Å². The molecule has 0 spiro atoms. The van der Waals surface area contributed by atoms with Gasteiger partial charge in [0.05, 0.1) is 0 Å². The van der Waals surface area contributed by atoms with Crippen molar-refractivity contribution in [3.8, 4) is 0 Å². The van der Waals surface area contributed by atoms with E-state index in [-0.39, 0.29) is 0 Å². The first-order chi connectivity index (χ1) is 17.8. The third-order valence-corrected chi connectivity index (χ3v) is 10.9. The SMILES string of the molecule is C1=CC([SiH](C2=CC3CC=C(c4ccc5oc6ccccc6c5c4)C=C3C=C2)c2ccccc2)=CCC1. The fourth-order valence-electron chi connectivity index (χ4n) is 5.92. The Morgan fingerprint density at radius 1 is 0.722 bits per heavy atom. The van der Waals surface area contributed by atoms with Gasteiger partial charge in [0, 0.05) is 16.7 Å². The molecule has 36 heavy (non-hydrogen) atoms. The smallest absolute Gasteiger partial charge is 0.135 e. The molecule has 1 aromatic heterocycles. The molecule has 2 heteroatoms. The highest BCUT2D eigenvalue weighted by molar-refractivity contribution is 6.87. The maximum Gasteiger partial charge on any atom is 0.135 e. The zero-order valence-electron chi connectivity index (χ0n) is 20.2. The third-order valence-electron chi connectivity index (χ3n) is 7.74. The molecule has 0 fully saturated rings. The number of hydrogen-bond donors (Lipinski definition) is 0. The van der Waals surface area contributed by atoms with Gasteiger partial charge in [0.15, 0.2) is 0 Å². The Morgan fingerprint density at radius 3 is 2.47 bits per heavy atom. The summed E-state index contributed by atoms with van der Waals surface area (Å²) >= 11 is 0. The lowest BCUT2D eigenvalue weighted by atomic mass is 9.84. The number of hydrogen-bond acceptors (Lipinski definition) is 1. The van der Waals surface area contributed by atoms with Crippen molar-refractivity contribution in [2.45, 2.75) is 19.3 Å². The molecule has 2 atom stereocenters. The van der Waals surface area contributed by atoms with Crippen molar-refractivity contribution in [1.82, 2.24) is 0 Å². The molecular formula is C34H28OSi. The maximum atomic E-state index is 6.04. The summed E-state index contributed by atoms with van der Waals surface area (Å²) in [7, 11) is -1.45. The number of fused-ring (bicyclic) bond motifs is 4. The van der Waals surface area contributed by atoms with Crippen molar-refractivity contribution >= 4 is 41.5 Å². The fourth-order valence-corrected chi connectivity index (χ4v) is 9.13. The number of benzene rings is 3. The van der Waals surface area contributed by atoms with Gasteiger partial charge in [-0.05, 0) is 54.2 Å². The van der Waals surface area contributed by atoms with Crippen LogP contribution in [0, 0.1) is 5.92 Å². The largest absolute Gasteiger partial charge is 0.456 e. The third kappa shape index (κ3) is 3.79. The highest BCUT2D eigenvalue weighted by Gasteiger charge is 2.26. The standard InChI is InChI=1S/C34H28OSi/c1-3-9-28(10-4-1)36(29-11-5-2-6-12-29)30-19-17-25-21-24(15-16-26(25)22-30)27-18-20-34-32(23-27)31-13-7-8-14-33(31)35-34/h1,3-5,7-15,17-23,26,36H,2,6,16H2. The molecule has 0 amide bonds. The zero-order chi connectivity index (χ0) is 23.9. The Labute approximate surface area is 213 Å². The van der Waals surface area contributed by atoms with E-state index in [0.29, 0.717) is 5.92 Å². The van der Waals surface area contributed by atoms with Crippen LogP contribution in [0.15, 0.2) is 142 Å². The quantitative estimate of drug-likeness (QED) is 0.271. The van der Waals surface area contributed by atoms with E-state index in [1.54, 1.807) is 10.4 Å². The monoisotopic (exact) mass is 480 g/mol. The summed E-state index contributed by atoms with van der Waals surface area (Å²) in [5.41, 5.74) is 5.90. The summed E-state index contributed by atoms with van der Waals surface area (Å²) in [6.45, 7) is 0. The molecule has 0 saturated heterocycles. The van der Waals surface area contributed by atoms with Gasteiger partial charge in [0.25, 0.3) is 0 Å². The highest BCUT2D eigenvalue weighted by atomic mass is 28.3. The Kier molecular flexibility index (Phi) is 5.33. The summed E-state index contributed by atoms with van der Waals surface area (Å²) in [6.07, 6.45) is 22.8. The minimum absolute atomic E-state index is 0.458. The van der Waals surface area contributed by atoms with Crippen LogP contribution in [0.25, 0.3) is 27.5 Å². The molecule has 0 aliphatic heterocycles. The second kappa shape index (κ2) is 8.96. The zero-order valence-corrected chi connectivity index (χ0v) is 21.4. The first-order valence-corrected chi connectivity index (χ1v) is 14.7. The van der Waals surface area contributed by atoms with E-state index in [2.05, 4.69) is 109 Å². The molecule has 3 aromatic carbocycles. The van der Waals surface area contributed by atoms with Crippen LogP contribution in [-0.4, -0.2) is 8.80 Å². The predicted molar refractivity (Wildman–Crippen MR) is 155 cm³/mol. The van der Waals surface area contributed by atoms with Crippen LogP contribution in [-0.2, 0) is 0 Å². The van der Waals surface area contributed by atoms with Gasteiger partial charge in [-0.3, -0.25) is 0 Å². The van der Waals surface area contributed by atoms with Crippen LogP contribution in [0.2, 0.25) is 0 Å². The van der Waals surface area contributed by atoms with E-state index in [4.69, 9.17) is 4.42 Å². The molecule has 0 bridgehead atoms. The van der Waals surface area contributed by atoms with Gasteiger partial charge < -0.3 is 4.42 Å². The molecule has 0 radical (unpaired) electrons. The minimum atomic E-state index is -1.45. The second-order valence-electron chi connectivity index (χ2n) is 9.98. The van der Waals surface area contributed by atoms with E-state index >= 15 is 0 Å². The van der Waals surface area contributed by atoms with Gasteiger partial charge in [-0.1, -0.05) is 119 Å². The van der Waals surface area contributed by atoms with E-state index in [0.717, 1.165) is 30.4 Å². The lowest BCUT2D eigenvalue weighted by Crippen LogP contribution is -2.35. The molecule has 1 nitrogen and oxygen atoms in total. The van der Waals surface area contributed by atoms with Crippen LogP contribution in [0.4, 0.5) is 0 Å². The molecule has 0 saturated carbocycles. The second-order valence-corrected chi connectivity index (χ2v) is 12.8. The number of rotatable bonds is 4. The lowest BCUT2D eigenvalue weighted by Gasteiger charge is -2.28. The summed E-state index contributed by atoms with van der Waals surface area (Å²) in [5, 5.41) is 6.99. The molecule has 1 heterocycles. The summed E-state index contributed by atoms with van der Waals surface area (Å²) in [4.78, 5) is 0. The van der Waals surface area contributed by atoms with Crippen molar-refractivity contribution in [1.29, 1.82) is 0 Å². The molecule has 3 aliphatic rings. The van der Waals surface area contributed by atoms with Crippen molar-refractivity contribution in [2.75, 3.05) is 0 Å². The van der Waals surface area contributed by atoms with Gasteiger partial charge in [0.2, 0.25) is 0 Å². The molecule has 2 unspecified atom stereocenters. The average Bonchev–Trinajstić information content (AvgIpc) is 3.32. The van der Waals surface area contributed by atoms with Crippen LogP contribution in [0.3, 0.4) is 0 Å². The van der Waals surface area contributed by atoms with Crippen LogP contribution in [0.1, 0.15) is 24.8 Å². The maximum absolute atomic E-state index is 6.04. The topological polar surface area (TPSA) is 13.1 Å². The van der Waals surface area contributed by atoms with Gasteiger partial charge in [-0.15, -0.1) is 0 Å². The number of allylic oxidation sites excluding steroid dienone is 12. The van der Waals surface area contributed by atoms with Crippen molar-refractivity contribution in [2.24, 2.45) is 5.92 Å². The van der Waals surface area contributed by atoms with Crippen molar-refractivity contribution < 1.29 is 4.42 Å². The molecule has 3 aliphatic carbocycles. The normalized spacial score (nSPS) is 19.9. The fraction of sp³-hybridized carbons (Fsp3) is 0.118. The first-order valence-electron chi connectivity index (χ1n) is 13.0. The highest BCUT2D eigenvalue weighted by Crippen LogP contribution is 2.37. The molecular weight excluding hydrogens is 452 g/mol. The Morgan fingerprint density at radius 2 is 1.58 bits per heavy atom. The van der Waals surface area contributed by atoms with E-state index < -0.39 is 8.80 Å². The summed E-state index contributed by atoms with van der Waals surface area (Å²) in [5.74, 6) is 0.458. The number of furan rings is 1. The van der Waals surface area contributed by atoms with E-state index in [9.17, 15) is 0 Å². The van der Waals surface area contributed by atoms with Gasteiger partial charge in [-0.25, -0.2) is 0 Å². The predicted octanol–water partition coefficient (Wildman–Crippen LogP) is 7.90. The molecule has 4 aromatic rings. The van der Waals surface area contributed by atoms with E-state index in [1.807, 2.05) is 12.1 Å². The van der Waals surface area contributed by atoms with Gasteiger partial charge in [0.1, 0.15) is 20.0 Å². The summed E-state index contributed by atoms with van der Waals surface area (Å²) < 4.78 is 6.04. The molecule has 7 rings (SSSR count). The molecule has 0 N–H and O–H groups in total. The lowest BCUT2D eigenvalue weighted by molar-refractivity contribution is 0.669. The van der Waals surface area contributed by atoms with Gasteiger partial charge >= 0.3 is 0 Å². The van der Waals surface area contributed by atoms with E-state index in [1.165, 1.54) is 32.7 Å². The Bertz CT molecular complexity index is 1660. The van der Waals surface area contributed by atoms with Crippen LogP contribution in [0.5, 0.6) is 0 Å². The Hall–Kier alpha value is -3.88. The Balaban J connectivity index is 1.21. The van der Waals surface area contributed by atoms with Gasteiger partial charge in [-0.2, -0.15) is 0 Å². The average molecular weight is 481 g/mol. The minimum Gasteiger partial charge on any atom is -0.456 e. The first kappa shape index (κ1) is 21.4. The number of para-hydroxylation sites is 1. The van der Waals surface area contributed by atoms with Crippen molar-refractivity contribution in [3.05, 3.63) is 143 Å². The summed E-state index contributed by atoms with van der Waals surface area (Å²) in [6, 6.07) is 26.1. The van der Waals surface area contributed by atoms with Crippen molar-refractivity contribution in [3.63, 3.8) is 0 Å². The molecule has 174 valence electrons. The van der Waals surface area contributed by atoms with Crippen LogP contribution >= 0.6 is 0 Å².